The maximum Gasteiger partial charge on any atom is 0.238 e. The monoisotopic (exact) mass is 289 g/mol. The molecule has 1 aromatic rings. The first-order chi connectivity index (χ1) is 9.95. The van der Waals surface area contributed by atoms with Crippen LogP contribution in [-0.4, -0.2) is 48.3 Å². The summed E-state index contributed by atoms with van der Waals surface area (Å²) in [5, 5.41) is 6.29. The summed E-state index contributed by atoms with van der Waals surface area (Å²) in [5.74, 6) is -0.125. The molecule has 2 unspecified atom stereocenters. The second-order valence-electron chi connectivity index (χ2n) is 5.81. The van der Waals surface area contributed by atoms with E-state index in [-0.39, 0.29) is 11.7 Å². The van der Waals surface area contributed by atoms with Gasteiger partial charge in [0, 0.05) is 30.7 Å². The normalized spacial score (nSPS) is 22.8. The zero-order chi connectivity index (χ0) is 15.4. The van der Waals surface area contributed by atoms with E-state index in [9.17, 15) is 9.59 Å². The van der Waals surface area contributed by atoms with Gasteiger partial charge in [0.05, 0.1) is 12.2 Å². The van der Waals surface area contributed by atoms with Crippen molar-refractivity contribution in [3.63, 3.8) is 0 Å². The number of carbonyl (C=O) groups is 2. The fourth-order valence-electron chi connectivity index (χ4n) is 2.86. The van der Waals surface area contributed by atoms with Gasteiger partial charge in [-0.25, -0.2) is 0 Å². The lowest BCUT2D eigenvalue weighted by Crippen LogP contribution is -2.55. The van der Waals surface area contributed by atoms with Gasteiger partial charge in [0.25, 0.3) is 0 Å². The van der Waals surface area contributed by atoms with Crippen molar-refractivity contribution in [1.29, 1.82) is 0 Å². The lowest BCUT2D eigenvalue weighted by Gasteiger charge is -2.35. The summed E-state index contributed by atoms with van der Waals surface area (Å²) < 4.78 is 0. The second-order valence-corrected chi connectivity index (χ2v) is 5.81. The molecule has 5 heteroatoms. The van der Waals surface area contributed by atoms with Crippen LogP contribution in [-0.2, 0) is 4.79 Å². The van der Waals surface area contributed by atoms with Gasteiger partial charge >= 0.3 is 0 Å². The molecule has 1 aliphatic rings. The minimum absolute atomic E-state index is 0.0460. The summed E-state index contributed by atoms with van der Waals surface area (Å²) in [7, 11) is 0. The molecule has 0 aliphatic carbocycles. The van der Waals surface area contributed by atoms with Crippen molar-refractivity contribution < 1.29 is 9.59 Å². The Balaban J connectivity index is 1.97. The van der Waals surface area contributed by atoms with Gasteiger partial charge in [-0.1, -0.05) is 12.1 Å². The standard InChI is InChI=1S/C16H23N3O2/c1-11-8-19(9-12(2)17-11)10-16(21)18-15-7-5-4-6-14(15)13(3)20/h4-7,11-12,17H,8-10H2,1-3H3,(H,18,21). The molecule has 0 aromatic heterocycles. The highest BCUT2D eigenvalue weighted by molar-refractivity contribution is 6.04. The number of nitrogens with zero attached hydrogens (tertiary/aromatic N) is 1. The smallest absolute Gasteiger partial charge is 0.238 e. The number of Topliss-reactive ketones (excluding diaryl/α,β-unsaturated/α-hetero) is 1. The Bertz CT molecular complexity index is 520. The van der Waals surface area contributed by atoms with Gasteiger partial charge in [-0.3, -0.25) is 14.5 Å². The first-order valence-electron chi connectivity index (χ1n) is 7.34. The molecule has 1 fully saturated rings. The lowest BCUT2D eigenvalue weighted by molar-refractivity contribution is -0.117. The molecule has 0 bridgehead atoms. The van der Waals surface area contributed by atoms with E-state index in [1.807, 2.05) is 6.07 Å². The highest BCUT2D eigenvalue weighted by Crippen LogP contribution is 2.15. The molecular weight excluding hydrogens is 266 g/mol. The molecule has 1 amide bonds. The third-order valence-electron chi connectivity index (χ3n) is 3.58. The van der Waals surface area contributed by atoms with E-state index >= 15 is 0 Å². The van der Waals surface area contributed by atoms with Gasteiger partial charge in [0.15, 0.2) is 5.78 Å². The molecule has 1 heterocycles. The number of hydrogen-bond donors (Lipinski definition) is 2. The minimum atomic E-state index is -0.0787. The highest BCUT2D eigenvalue weighted by Gasteiger charge is 2.22. The maximum atomic E-state index is 12.2. The number of para-hydroxylation sites is 1. The Hall–Kier alpha value is -1.72. The number of amides is 1. The van der Waals surface area contributed by atoms with Crippen LogP contribution in [0.1, 0.15) is 31.1 Å². The molecule has 21 heavy (non-hydrogen) atoms. The molecule has 114 valence electrons. The molecule has 1 saturated heterocycles. The quantitative estimate of drug-likeness (QED) is 0.825. The number of piperazine rings is 1. The van der Waals surface area contributed by atoms with Crippen LogP contribution in [0.3, 0.4) is 0 Å². The molecule has 1 aromatic carbocycles. The van der Waals surface area contributed by atoms with Gasteiger partial charge in [-0.2, -0.15) is 0 Å². The Labute approximate surface area is 125 Å². The van der Waals surface area contributed by atoms with Crippen LogP contribution in [0.4, 0.5) is 5.69 Å². The van der Waals surface area contributed by atoms with Crippen LogP contribution >= 0.6 is 0 Å². The van der Waals surface area contributed by atoms with Gasteiger partial charge in [-0.15, -0.1) is 0 Å². The van der Waals surface area contributed by atoms with Crippen molar-refractivity contribution in [3.05, 3.63) is 29.8 Å². The third-order valence-corrected chi connectivity index (χ3v) is 3.58. The Morgan fingerprint density at radius 1 is 1.24 bits per heavy atom. The van der Waals surface area contributed by atoms with Gasteiger partial charge in [0.2, 0.25) is 5.91 Å². The molecule has 5 nitrogen and oxygen atoms in total. The molecular formula is C16H23N3O2. The Morgan fingerprint density at radius 3 is 2.48 bits per heavy atom. The van der Waals surface area contributed by atoms with Crippen molar-refractivity contribution in [2.24, 2.45) is 0 Å². The zero-order valence-electron chi connectivity index (χ0n) is 12.8. The summed E-state index contributed by atoms with van der Waals surface area (Å²) in [4.78, 5) is 25.9. The third kappa shape index (κ3) is 4.37. The van der Waals surface area contributed by atoms with E-state index < -0.39 is 0 Å². The fraction of sp³-hybridized carbons (Fsp3) is 0.500. The second kappa shape index (κ2) is 6.83. The predicted octanol–water partition coefficient (Wildman–Crippen LogP) is 1.51. The number of benzene rings is 1. The van der Waals surface area contributed by atoms with Crippen molar-refractivity contribution in [3.8, 4) is 0 Å². The van der Waals surface area contributed by atoms with E-state index in [0.29, 0.717) is 29.9 Å². The number of hydrogen-bond acceptors (Lipinski definition) is 4. The minimum Gasteiger partial charge on any atom is -0.324 e. The molecule has 2 rings (SSSR count). The van der Waals surface area contributed by atoms with Crippen molar-refractivity contribution in [2.45, 2.75) is 32.9 Å². The van der Waals surface area contributed by atoms with Crippen LogP contribution in [0.2, 0.25) is 0 Å². The molecule has 0 saturated carbocycles. The van der Waals surface area contributed by atoms with E-state index in [0.717, 1.165) is 13.1 Å². The van der Waals surface area contributed by atoms with Gasteiger partial charge < -0.3 is 10.6 Å². The van der Waals surface area contributed by atoms with Crippen LogP contribution in [0.5, 0.6) is 0 Å². The molecule has 0 radical (unpaired) electrons. The van der Waals surface area contributed by atoms with Crippen molar-refractivity contribution >= 4 is 17.4 Å². The molecule has 1 aliphatic heterocycles. The predicted molar refractivity (Wildman–Crippen MR) is 83.6 cm³/mol. The van der Waals surface area contributed by atoms with Crippen LogP contribution < -0.4 is 10.6 Å². The number of nitrogens with one attached hydrogen (secondary N) is 2. The average Bonchev–Trinajstić information content (AvgIpc) is 2.37. The number of carbonyl (C=O) groups excluding carboxylic acids is 2. The Morgan fingerprint density at radius 2 is 1.86 bits per heavy atom. The fourth-order valence-corrected chi connectivity index (χ4v) is 2.86. The van der Waals surface area contributed by atoms with E-state index in [1.54, 1.807) is 18.2 Å². The summed E-state index contributed by atoms with van der Waals surface area (Å²) in [6, 6.07) is 7.87. The average molecular weight is 289 g/mol. The summed E-state index contributed by atoms with van der Waals surface area (Å²) in [6.45, 7) is 7.79. The number of ketones is 1. The largest absolute Gasteiger partial charge is 0.324 e. The molecule has 2 N–H and O–H groups in total. The maximum absolute atomic E-state index is 12.2. The van der Waals surface area contributed by atoms with Gasteiger partial charge in [0.1, 0.15) is 0 Å². The number of rotatable bonds is 4. The van der Waals surface area contributed by atoms with Crippen molar-refractivity contribution in [2.75, 3.05) is 25.0 Å². The van der Waals surface area contributed by atoms with Crippen LogP contribution in [0.15, 0.2) is 24.3 Å². The molecule has 0 spiro atoms. The highest BCUT2D eigenvalue weighted by atomic mass is 16.2. The van der Waals surface area contributed by atoms with Crippen LogP contribution in [0, 0.1) is 0 Å². The number of anilines is 1. The van der Waals surface area contributed by atoms with E-state index in [4.69, 9.17) is 0 Å². The summed E-state index contributed by atoms with van der Waals surface area (Å²) in [6.07, 6.45) is 0. The topological polar surface area (TPSA) is 61.4 Å². The molecule has 2 atom stereocenters. The van der Waals surface area contributed by atoms with E-state index in [1.165, 1.54) is 6.92 Å². The Kier molecular flexibility index (Phi) is 5.09. The van der Waals surface area contributed by atoms with Crippen LogP contribution in [0.25, 0.3) is 0 Å². The lowest BCUT2D eigenvalue weighted by atomic mass is 10.1. The first-order valence-corrected chi connectivity index (χ1v) is 7.34. The summed E-state index contributed by atoms with van der Waals surface area (Å²) >= 11 is 0. The van der Waals surface area contributed by atoms with E-state index in [2.05, 4.69) is 29.4 Å². The van der Waals surface area contributed by atoms with Crippen molar-refractivity contribution in [1.82, 2.24) is 10.2 Å². The zero-order valence-corrected chi connectivity index (χ0v) is 12.8. The summed E-state index contributed by atoms with van der Waals surface area (Å²) in [5.41, 5.74) is 1.14. The SMILES string of the molecule is CC(=O)c1ccccc1NC(=O)CN1CC(C)NC(C)C1. The van der Waals surface area contributed by atoms with Gasteiger partial charge in [-0.05, 0) is 32.9 Å². The first kappa shape index (κ1) is 15.7.